The molecule has 0 aliphatic carbocycles. The van der Waals surface area contributed by atoms with Gasteiger partial charge in [-0.3, -0.25) is 0 Å². The van der Waals surface area contributed by atoms with Crippen molar-refractivity contribution in [2.75, 3.05) is 33.2 Å². The zero-order chi connectivity index (χ0) is 13.0. The number of amides is 2. The maximum atomic E-state index is 12.0. The Morgan fingerprint density at radius 2 is 1.89 bits per heavy atom. The molecule has 98 valence electrons. The largest absolute Gasteiger partial charge is 0.334 e. The maximum Gasteiger partial charge on any atom is 0.318 e. The quantitative estimate of drug-likeness (QED) is 0.761. The molecule has 1 aliphatic heterocycles. The fourth-order valence-electron chi connectivity index (χ4n) is 2.09. The van der Waals surface area contributed by atoms with Crippen LogP contribution in [0, 0.1) is 6.92 Å². The number of urea groups is 1. The number of carbonyl (C=O) groups is 1. The molecule has 2 N–H and O–H groups in total. The molecule has 0 atom stereocenters. The highest BCUT2D eigenvalue weighted by atomic mass is 16.2. The summed E-state index contributed by atoms with van der Waals surface area (Å²) in [6.45, 7) is 6.46. The van der Waals surface area contributed by atoms with Crippen LogP contribution in [-0.2, 0) is 6.54 Å². The van der Waals surface area contributed by atoms with Gasteiger partial charge in [-0.15, -0.1) is 0 Å². The Labute approximate surface area is 109 Å². The summed E-state index contributed by atoms with van der Waals surface area (Å²) >= 11 is 0. The van der Waals surface area contributed by atoms with Gasteiger partial charge in [-0.2, -0.15) is 0 Å². The van der Waals surface area contributed by atoms with E-state index in [1.165, 1.54) is 10.5 Å². The molecule has 1 aromatic rings. The van der Waals surface area contributed by atoms with E-state index in [4.69, 9.17) is 0 Å². The number of carbonyl (C=O) groups excluding carboxylic acids is 1. The van der Waals surface area contributed by atoms with Gasteiger partial charge >= 0.3 is 6.03 Å². The lowest BCUT2D eigenvalue weighted by Crippen LogP contribution is -3.12. The molecule has 1 aliphatic rings. The minimum atomic E-state index is 0.0584. The van der Waals surface area contributed by atoms with Crippen LogP contribution in [0.3, 0.4) is 0 Å². The number of hydrogen-bond acceptors (Lipinski definition) is 1. The van der Waals surface area contributed by atoms with Crippen LogP contribution in [0.15, 0.2) is 24.3 Å². The number of likely N-dealkylation sites (N-methyl/N-ethyl adjacent to an activating group) is 1. The number of benzene rings is 1. The van der Waals surface area contributed by atoms with Crippen molar-refractivity contribution in [2.45, 2.75) is 13.5 Å². The highest BCUT2D eigenvalue weighted by molar-refractivity contribution is 5.74. The number of nitrogens with zero attached hydrogens (tertiary/aromatic N) is 1. The van der Waals surface area contributed by atoms with Crippen LogP contribution >= 0.6 is 0 Å². The van der Waals surface area contributed by atoms with Crippen LogP contribution in [0.25, 0.3) is 0 Å². The Balaban J connectivity index is 1.79. The molecule has 0 bridgehead atoms. The first-order valence-electron chi connectivity index (χ1n) is 6.55. The molecule has 1 fully saturated rings. The normalized spacial score (nSPS) is 16.7. The SMILES string of the molecule is Cc1ccc(CNC(=O)N2CC[NH+](C)CC2)cc1. The van der Waals surface area contributed by atoms with E-state index in [9.17, 15) is 4.79 Å². The summed E-state index contributed by atoms with van der Waals surface area (Å²) in [5.41, 5.74) is 2.39. The minimum Gasteiger partial charge on any atom is -0.334 e. The average Bonchev–Trinajstić information content (AvgIpc) is 2.38. The first kappa shape index (κ1) is 12.9. The van der Waals surface area contributed by atoms with Crippen LogP contribution < -0.4 is 10.2 Å². The van der Waals surface area contributed by atoms with Crippen molar-refractivity contribution in [2.24, 2.45) is 0 Å². The van der Waals surface area contributed by atoms with E-state index in [0.717, 1.165) is 31.7 Å². The van der Waals surface area contributed by atoms with Crippen molar-refractivity contribution < 1.29 is 9.69 Å². The Kier molecular flexibility index (Phi) is 4.20. The Bertz CT molecular complexity index is 394. The summed E-state index contributed by atoms with van der Waals surface area (Å²) in [6.07, 6.45) is 0. The summed E-state index contributed by atoms with van der Waals surface area (Å²) < 4.78 is 0. The van der Waals surface area contributed by atoms with Gasteiger partial charge in [0.2, 0.25) is 0 Å². The van der Waals surface area contributed by atoms with Crippen LogP contribution in [-0.4, -0.2) is 44.2 Å². The molecule has 1 aromatic carbocycles. The molecule has 0 saturated carbocycles. The monoisotopic (exact) mass is 248 g/mol. The summed E-state index contributed by atoms with van der Waals surface area (Å²) in [6, 6.07) is 8.32. The molecule has 0 radical (unpaired) electrons. The predicted octanol–water partition coefficient (Wildman–Crippen LogP) is 0.0349. The third-order valence-corrected chi connectivity index (χ3v) is 3.47. The molecule has 0 unspecified atom stereocenters. The fourth-order valence-corrected chi connectivity index (χ4v) is 2.09. The molecule has 0 spiro atoms. The standard InChI is InChI=1S/C14H21N3O/c1-12-3-5-13(6-4-12)11-15-14(18)17-9-7-16(2)8-10-17/h3-6H,7-11H2,1-2H3,(H,15,18)/p+1. The van der Waals surface area contributed by atoms with Gasteiger partial charge in [0.05, 0.1) is 33.2 Å². The lowest BCUT2D eigenvalue weighted by molar-refractivity contribution is -0.883. The van der Waals surface area contributed by atoms with Crippen LogP contribution in [0.4, 0.5) is 4.79 Å². The second-order valence-corrected chi connectivity index (χ2v) is 5.09. The third kappa shape index (κ3) is 3.47. The molecular weight excluding hydrogens is 226 g/mol. The Hall–Kier alpha value is -1.55. The molecule has 0 aromatic heterocycles. The minimum absolute atomic E-state index is 0.0584. The van der Waals surface area contributed by atoms with Crippen molar-refractivity contribution in [3.8, 4) is 0 Å². The van der Waals surface area contributed by atoms with Crippen LogP contribution in [0.2, 0.25) is 0 Å². The highest BCUT2D eigenvalue weighted by Crippen LogP contribution is 2.02. The third-order valence-electron chi connectivity index (χ3n) is 3.47. The Morgan fingerprint density at radius 1 is 1.28 bits per heavy atom. The van der Waals surface area contributed by atoms with E-state index in [2.05, 4.69) is 43.6 Å². The number of hydrogen-bond donors (Lipinski definition) is 2. The van der Waals surface area contributed by atoms with Gasteiger partial charge in [0.15, 0.2) is 0 Å². The lowest BCUT2D eigenvalue weighted by atomic mass is 10.1. The maximum absolute atomic E-state index is 12.0. The molecule has 1 heterocycles. The van der Waals surface area contributed by atoms with E-state index in [1.807, 2.05) is 4.90 Å². The van der Waals surface area contributed by atoms with E-state index >= 15 is 0 Å². The summed E-state index contributed by atoms with van der Waals surface area (Å²) in [5.74, 6) is 0. The van der Waals surface area contributed by atoms with Gasteiger partial charge in [-0.05, 0) is 12.5 Å². The number of piperazine rings is 1. The number of aryl methyl sites for hydroxylation is 1. The lowest BCUT2D eigenvalue weighted by Gasteiger charge is -2.30. The van der Waals surface area contributed by atoms with Gasteiger partial charge in [-0.25, -0.2) is 4.79 Å². The molecule has 4 heteroatoms. The highest BCUT2D eigenvalue weighted by Gasteiger charge is 2.20. The molecule has 4 nitrogen and oxygen atoms in total. The molecular formula is C14H22N3O+. The molecule has 18 heavy (non-hydrogen) atoms. The molecule has 2 amide bonds. The zero-order valence-electron chi connectivity index (χ0n) is 11.2. The topological polar surface area (TPSA) is 36.8 Å². The first-order valence-corrected chi connectivity index (χ1v) is 6.55. The summed E-state index contributed by atoms with van der Waals surface area (Å²) in [7, 11) is 2.17. The van der Waals surface area contributed by atoms with Crippen molar-refractivity contribution in [3.63, 3.8) is 0 Å². The fraction of sp³-hybridized carbons (Fsp3) is 0.500. The predicted molar refractivity (Wildman–Crippen MR) is 71.6 cm³/mol. The van der Waals surface area contributed by atoms with Gasteiger partial charge in [-0.1, -0.05) is 29.8 Å². The van der Waals surface area contributed by atoms with E-state index in [-0.39, 0.29) is 6.03 Å². The van der Waals surface area contributed by atoms with E-state index < -0.39 is 0 Å². The van der Waals surface area contributed by atoms with Gasteiger partial charge in [0.25, 0.3) is 0 Å². The summed E-state index contributed by atoms with van der Waals surface area (Å²) in [5, 5.41) is 2.98. The van der Waals surface area contributed by atoms with Crippen molar-refractivity contribution in [3.05, 3.63) is 35.4 Å². The average molecular weight is 248 g/mol. The number of quaternary nitrogens is 1. The van der Waals surface area contributed by atoms with Crippen LogP contribution in [0.5, 0.6) is 0 Å². The molecule has 2 rings (SSSR count). The van der Waals surface area contributed by atoms with Crippen LogP contribution in [0.1, 0.15) is 11.1 Å². The smallest absolute Gasteiger partial charge is 0.318 e. The first-order chi connectivity index (χ1) is 8.65. The number of nitrogens with one attached hydrogen (secondary N) is 2. The van der Waals surface area contributed by atoms with Gasteiger partial charge < -0.3 is 15.1 Å². The number of rotatable bonds is 2. The van der Waals surface area contributed by atoms with Crippen molar-refractivity contribution >= 4 is 6.03 Å². The van der Waals surface area contributed by atoms with E-state index in [1.54, 1.807) is 0 Å². The zero-order valence-corrected chi connectivity index (χ0v) is 11.2. The van der Waals surface area contributed by atoms with Crippen molar-refractivity contribution in [1.29, 1.82) is 0 Å². The summed E-state index contributed by atoms with van der Waals surface area (Å²) in [4.78, 5) is 15.4. The van der Waals surface area contributed by atoms with E-state index in [0.29, 0.717) is 6.54 Å². The molecule has 1 saturated heterocycles. The van der Waals surface area contributed by atoms with Gasteiger partial charge in [0, 0.05) is 6.54 Å². The van der Waals surface area contributed by atoms with Crippen molar-refractivity contribution in [1.82, 2.24) is 10.2 Å². The second-order valence-electron chi connectivity index (χ2n) is 5.09. The van der Waals surface area contributed by atoms with Gasteiger partial charge in [0.1, 0.15) is 0 Å². The second kappa shape index (κ2) is 5.87. The Morgan fingerprint density at radius 3 is 2.50 bits per heavy atom.